The van der Waals surface area contributed by atoms with Crippen molar-refractivity contribution in [1.82, 2.24) is 25.0 Å². The number of urea groups is 1. The number of carbonyl (C=O) groups is 2. The van der Waals surface area contributed by atoms with Crippen LogP contribution in [0, 0.1) is 5.82 Å². The van der Waals surface area contributed by atoms with Gasteiger partial charge in [0.1, 0.15) is 18.0 Å². The number of amides is 3. The zero-order valence-electron chi connectivity index (χ0n) is 15.6. The molecule has 1 N–H and O–H groups in total. The van der Waals surface area contributed by atoms with Crippen molar-refractivity contribution in [1.29, 1.82) is 0 Å². The largest absolute Gasteiger partial charge is 0.327 e. The first-order valence-electron chi connectivity index (χ1n) is 9.08. The number of hydrogen-bond acceptors (Lipinski definition) is 6. The van der Waals surface area contributed by atoms with Crippen LogP contribution in [-0.2, 0) is 4.79 Å². The van der Waals surface area contributed by atoms with Gasteiger partial charge in [-0.25, -0.2) is 14.1 Å². The van der Waals surface area contributed by atoms with Gasteiger partial charge in [-0.1, -0.05) is 19.1 Å². The summed E-state index contributed by atoms with van der Waals surface area (Å²) in [7, 11) is 3.20. The minimum absolute atomic E-state index is 0.227. The van der Waals surface area contributed by atoms with Crippen molar-refractivity contribution in [3.05, 3.63) is 35.6 Å². The van der Waals surface area contributed by atoms with Gasteiger partial charge >= 0.3 is 6.03 Å². The van der Waals surface area contributed by atoms with E-state index < -0.39 is 12.2 Å². The van der Waals surface area contributed by atoms with Gasteiger partial charge in [-0.15, -0.1) is 0 Å². The Morgan fingerprint density at radius 3 is 2.59 bits per heavy atom. The fourth-order valence-corrected chi connectivity index (χ4v) is 3.97. The maximum Gasteiger partial charge on any atom is 0.327 e. The van der Waals surface area contributed by atoms with Crippen LogP contribution in [0.1, 0.15) is 18.9 Å². The van der Waals surface area contributed by atoms with Crippen LogP contribution in [0.25, 0.3) is 0 Å². The van der Waals surface area contributed by atoms with Crippen LogP contribution in [0.3, 0.4) is 0 Å². The van der Waals surface area contributed by atoms with Gasteiger partial charge < -0.3 is 4.90 Å². The summed E-state index contributed by atoms with van der Waals surface area (Å²) in [6.07, 6.45) is 0.202. The molecule has 3 amide bonds. The monoisotopic (exact) mass is 374 g/mol. The van der Waals surface area contributed by atoms with Crippen LogP contribution in [-0.4, -0.2) is 83.0 Å². The van der Waals surface area contributed by atoms with E-state index in [1.54, 1.807) is 24.1 Å². The summed E-state index contributed by atoms with van der Waals surface area (Å²) in [5.74, 6) is -0.527. The van der Waals surface area contributed by atoms with Crippen molar-refractivity contribution in [2.75, 3.05) is 27.2 Å². The van der Waals surface area contributed by atoms with Gasteiger partial charge in [0.25, 0.3) is 5.91 Å². The van der Waals surface area contributed by atoms with E-state index in [1.807, 2.05) is 9.91 Å². The molecule has 2 fully saturated rings. The first kappa shape index (κ1) is 17.9. The Balaban J connectivity index is 1.70. The van der Waals surface area contributed by atoms with Crippen LogP contribution < -0.4 is 5.32 Å². The van der Waals surface area contributed by atoms with Crippen molar-refractivity contribution < 1.29 is 14.0 Å². The van der Waals surface area contributed by atoms with Crippen molar-refractivity contribution in [3.63, 3.8) is 0 Å². The number of hydrazone groups is 1. The highest BCUT2D eigenvalue weighted by molar-refractivity contribution is 6.04. The number of benzene rings is 1. The number of nitrogens with one attached hydrogen (secondary N) is 1. The Bertz CT molecular complexity index is 798. The molecule has 8 nitrogen and oxygen atoms in total. The van der Waals surface area contributed by atoms with Gasteiger partial charge in [0.15, 0.2) is 6.29 Å². The highest BCUT2D eigenvalue weighted by atomic mass is 19.1. The predicted molar refractivity (Wildman–Crippen MR) is 97.1 cm³/mol. The minimum Gasteiger partial charge on any atom is -0.310 e. The molecule has 1 aromatic rings. The lowest BCUT2D eigenvalue weighted by molar-refractivity contribution is -0.137. The van der Waals surface area contributed by atoms with E-state index in [0.29, 0.717) is 13.1 Å². The maximum absolute atomic E-state index is 13.3. The summed E-state index contributed by atoms with van der Waals surface area (Å²) in [6, 6.07) is 5.40. The molecule has 0 aromatic heterocycles. The van der Waals surface area contributed by atoms with Crippen LogP contribution in [0.5, 0.6) is 0 Å². The SMILES string of the molecule is CCCN1N=C(c2ccc(F)cc2)CN2C3C(=O)N(C)C(=O)N(C)C3NC12. The predicted octanol–water partition coefficient (Wildman–Crippen LogP) is 0.663. The molecular weight excluding hydrogens is 351 g/mol. The minimum atomic E-state index is -0.493. The molecule has 4 rings (SSSR count). The zero-order chi connectivity index (χ0) is 19.3. The van der Waals surface area contributed by atoms with E-state index in [0.717, 1.165) is 17.7 Å². The summed E-state index contributed by atoms with van der Waals surface area (Å²) in [6.45, 7) is 3.19. The third-order valence-corrected chi connectivity index (χ3v) is 5.37. The molecule has 0 spiro atoms. The van der Waals surface area contributed by atoms with Gasteiger partial charge in [-0.05, 0) is 24.1 Å². The second-order valence-electron chi connectivity index (χ2n) is 7.11. The molecule has 144 valence electrons. The van der Waals surface area contributed by atoms with E-state index in [4.69, 9.17) is 5.10 Å². The average molecular weight is 374 g/mol. The van der Waals surface area contributed by atoms with Crippen molar-refractivity contribution in [2.45, 2.75) is 31.8 Å². The molecule has 2 saturated heterocycles. The molecule has 0 saturated carbocycles. The molecule has 1 aromatic carbocycles. The lowest BCUT2D eigenvalue weighted by atomic mass is 10.1. The summed E-state index contributed by atoms with van der Waals surface area (Å²) in [4.78, 5) is 29.9. The molecule has 3 aliphatic heterocycles. The van der Waals surface area contributed by atoms with Crippen LogP contribution >= 0.6 is 0 Å². The zero-order valence-corrected chi connectivity index (χ0v) is 15.6. The Morgan fingerprint density at radius 2 is 1.93 bits per heavy atom. The van der Waals surface area contributed by atoms with E-state index in [9.17, 15) is 14.0 Å². The normalized spacial score (nSPS) is 28.4. The topological polar surface area (TPSA) is 71.5 Å². The average Bonchev–Trinajstić information content (AvgIpc) is 3.05. The van der Waals surface area contributed by atoms with Gasteiger partial charge in [0.05, 0.1) is 5.71 Å². The summed E-state index contributed by atoms with van der Waals surface area (Å²) in [5.41, 5.74) is 1.60. The van der Waals surface area contributed by atoms with E-state index in [-0.39, 0.29) is 24.0 Å². The number of imide groups is 1. The lowest BCUT2D eigenvalue weighted by Crippen LogP contribution is -2.65. The Kier molecular flexibility index (Phi) is 4.35. The standard InChI is InChI=1S/C18H23FN6O2/c1-4-9-25-17-20-15-14(16(26)23(3)18(27)22(15)2)24(17)10-13(21-25)11-5-7-12(19)8-6-11/h5-8,14-15,17,20H,4,9-10H2,1-3H3. The number of likely N-dealkylation sites (N-methyl/N-ethyl adjacent to an activating group) is 2. The number of hydrogen-bond donors (Lipinski definition) is 1. The number of halogens is 1. The second kappa shape index (κ2) is 6.58. The first-order chi connectivity index (χ1) is 12.9. The molecule has 0 radical (unpaired) electrons. The molecule has 3 aliphatic rings. The maximum atomic E-state index is 13.3. The van der Waals surface area contributed by atoms with Gasteiger partial charge in [-0.3, -0.25) is 20.0 Å². The Morgan fingerprint density at radius 1 is 1.22 bits per heavy atom. The molecular formula is C18H23FN6O2. The number of fused-ring (bicyclic) bond motifs is 3. The van der Waals surface area contributed by atoms with Gasteiger partial charge in [-0.2, -0.15) is 5.10 Å². The molecule has 9 heteroatoms. The molecule has 27 heavy (non-hydrogen) atoms. The van der Waals surface area contributed by atoms with E-state index >= 15 is 0 Å². The first-order valence-corrected chi connectivity index (χ1v) is 9.08. The fraction of sp³-hybridized carbons (Fsp3) is 0.500. The lowest BCUT2D eigenvalue weighted by Gasteiger charge is -2.41. The fourth-order valence-electron chi connectivity index (χ4n) is 3.97. The van der Waals surface area contributed by atoms with E-state index in [1.165, 1.54) is 24.1 Å². The van der Waals surface area contributed by atoms with Crippen LogP contribution in [0.2, 0.25) is 0 Å². The third kappa shape index (κ3) is 2.78. The molecule has 0 bridgehead atoms. The van der Waals surface area contributed by atoms with Crippen LogP contribution in [0.15, 0.2) is 29.4 Å². The summed E-state index contributed by atoms with van der Waals surface area (Å²) >= 11 is 0. The van der Waals surface area contributed by atoms with Gasteiger partial charge in [0.2, 0.25) is 0 Å². The Hall–Kier alpha value is -2.52. The molecule has 3 heterocycles. The van der Waals surface area contributed by atoms with Gasteiger partial charge in [0, 0.05) is 27.2 Å². The van der Waals surface area contributed by atoms with Crippen LogP contribution in [0.4, 0.5) is 9.18 Å². The van der Waals surface area contributed by atoms with Crippen molar-refractivity contribution in [2.24, 2.45) is 5.10 Å². The summed E-state index contributed by atoms with van der Waals surface area (Å²) in [5, 5.41) is 10.0. The number of carbonyl (C=O) groups excluding carboxylic acids is 2. The second-order valence-corrected chi connectivity index (χ2v) is 7.11. The van der Waals surface area contributed by atoms with E-state index in [2.05, 4.69) is 12.2 Å². The quantitative estimate of drug-likeness (QED) is 0.842. The molecule has 3 atom stereocenters. The summed E-state index contributed by atoms with van der Waals surface area (Å²) < 4.78 is 13.3. The number of rotatable bonds is 3. The van der Waals surface area contributed by atoms with Crippen molar-refractivity contribution in [3.8, 4) is 0 Å². The molecule has 3 unspecified atom stereocenters. The number of nitrogens with zero attached hydrogens (tertiary/aromatic N) is 5. The highest BCUT2D eigenvalue weighted by Gasteiger charge is 2.55. The Labute approximate surface area is 157 Å². The highest BCUT2D eigenvalue weighted by Crippen LogP contribution is 2.30. The molecule has 0 aliphatic carbocycles. The van der Waals surface area contributed by atoms with Crippen molar-refractivity contribution >= 4 is 17.6 Å². The third-order valence-electron chi connectivity index (χ3n) is 5.37. The smallest absolute Gasteiger partial charge is 0.310 e.